The Hall–Kier alpha value is 0.180. The molecule has 32 valence electrons. The Balaban J connectivity index is 2.54. The van der Waals surface area contributed by atoms with Crippen LogP contribution in [0.25, 0.3) is 0 Å². The highest BCUT2D eigenvalue weighted by molar-refractivity contribution is 6.20. The molecule has 0 aliphatic heterocycles. The number of hydrogen-bond donors (Lipinski definition) is 1. The van der Waals surface area contributed by atoms with E-state index in [1.807, 2.05) is 0 Å². The highest BCUT2D eigenvalue weighted by atomic mass is 35.5. The summed E-state index contributed by atoms with van der Waals surface area (Å²) in [4.78, 5) is 0. The molecule has 0 rings (SSSR count). The fourth-order valence-electron chi connectivity index (χ4n) is 0. The fourth-order valence-corrected chi connectivity index (χ4v) is 0. The van der Waals surface area contributed by atoms with Gasteiger partial charge in [-0.2, -0.15) is 0 Å². The van der Waals surface area contributed by atoms with Crippen molar-refractivity contribution in [2.45, 2.75) is 5.50 Å². The monoisotopic (exact) mass is 97.0 g/mol. The smallest absolute Gasteiger partial charge is 0.118 e. The molecule has 2 N–H and O–H groups in total. The number of rotatable bonds is 1. The summed E-state index contributed by atoms with van der Waals surface area (Å²) < 4.78 is 10.9. The lowest BCUT2D eigenvalue weighted by Gasteiger charge is -1.85. The van der Waals surface area contributed by atoms with Crippen molar-refractivity contribution in [2.24, 2.45) is 5.73 Å². The molecule has 0 aromatic heterocycles. The zero-order valence-electron chi connectivity index (χ0n) is 2.62. The first-order chi connectivity index (χ1) is 2.27. The zero-order valence-corrected chi connectivity index (χ0v) is 3.37. The van der Waals surface area contributed by atoms with Crippen LogP contribution in [-0.2, 0) is 0 Å². The van der Waals surface area contributed by atoms with Gasteiger partial charge in [0.15, 0.2) is 0 Å². The molecule has 0 fully saturated rings. The first kappa shape index (κ1) is 5.18. The summed E-state index contributed by atoms with van der Waals surface area (Å²) in [6.45, 7) is -0.651. The van der Waals surface area contributed by atoms with E-state index in [0.29, 0.717) is 0 Å². The SMILES string of the molecule is N[C@H](Cl)CF. The first-order valence-corrected chi connectivity index (χ1v) is 1.66. The van der Waals surface area contributed by atoms with E-state index in [-0.39, 0.29) is 0 Å². The quantitative estimate of drug-likeness (QED) is 0.374. The van der Waals surface area contributed by atoms with Gasteiger partial charge in [-0.05, 0) is 0 Å². The molecule has 0 aliphatic rings. The standard InChI is InChI=1S/C2H5ClFN/c3-2(5)1-4/h2H,1,5H2/t2-/m0/s1. The normalized spacial score (nSPS) is 15.0. The van der Waals surface area contributed by atoms with E-state index < -0.39 is 12.2 Å². The van der Waals surface area contributed by atoms with E-state index in [0.717, 1.165) is 0 Å². The summed E-state index contributed by atoms with van der Waals surface area (Å²) in [6, 6.07) is 0. The molecule has 0 amide bonds. The van der Waals surface area contributed by atoms with E-state index in [4.69, 9.17) is 11.6 Å². The van der Waals surface area contributed by atoms with E-state index in [1.54, 1.807) is 0 Å². The van der Waals surface area contributed by atoms with Gasteiger partial charge in [0.05, 0.1) is 0 Å². The van der Waals surface area contributed by atoms with Crippen molar-refractivity contribution >= 4 is 11.6 Å². The van der Waals surface area contributed by atoms with Crippen molar-refractivity contribution in [3.05, 3.63) is 0 Å². The molecule has 0 unspecified atom stereocenters. The molecule has 1 nitrogen and oxygen atoms in total. The van der Waals surface area contributed by atoms with Crippen LogP contribution >= 0.6 is 11.6 Å². The van der Waals surface area contributed by atoms with Crippen molar-refractivity contribution in [3.63, 3.8) is 0 Å². The molecular formula is C2H5ClFN. The lowest BCUT2D eigenvalue weighted by atomic mass is 10.8. The van der Waals surface area contributed by atoms with Gasteiger partial charge in [-0.1, -0.05) is 0 Å². The fraction of sp³-hybridized carbons (Fsp3) is 1.00. The summed E-state index contributed by atoms with van der Waals surface area (Å²) >= 11 is 4.86. The molecule has 0 spiro atoms. The van der Waals surface area contributed by atoms with Crippen LogP contribution < -0.4 is 5.73 Å². The molecule has 5 heavy (non-hydrogen) atoms. The van der Waals surface area contributed by atoms with Crippen LogP contribution in [0.15, 0.2) is 0 Å². The lowest BCUT2D eigenvalue weighted by molar-refractivity contribution is 0.484. The van der Waals surface area contributed by atoms with Crippen LogP contribution in [0.2, 0.25) is 0 Å². The van der Waals surface area contributed by atoms with Crippen molar-refractivity contribution in [3.8, 4) is 0 Å². The Morgan fingerprint density at radius 3 is 2.20 bits per heavy atom. The maximum absolute atomic E-state index is 10.9. The summed E-state index contributed by atoms with van der Waals surface area (Å²) in [5.41, 5.74) is 3.87. The van der Waals surface area contributed by atoms with E-state index in [9.17, 15) is 4.39 Å². The van der Waals surface area contributed by atoms with Gasteiger partial charge < -0.3 is 5.73 Å². The second-order valence-electron chi connectivity index (χ2n) is 0.670. The highest BCUT2D eigenvalue weighted by Gasteiger charge is 1.86. The Labute approximate surface area is 34.9 Å². The second kappa shape index (κ2) is 2.42. The molecule has 1 atom stereocenters. The summed E-state index contributed by atoms with van der Waals surface area (Å²) in [7, 11) is 0. The molecular weight excluding hydrogens is 92.5 g/mol. The molecule has 0 heterocycles. The Morgan fingerprint density at radius 1 is 2.00 bits per heavy atom. The third kappa shape index (κ3) is 4.18. The van der Waals surface area contributed by atoms with E-state index in [1.165, 1.54) is 0 Å². The third-order valence-electron chi connectivity index (χ3n) is 0.147. The molecule has 0 aliphatic carbocycles. The maximum Gasteiger partial charge on any atom is 0.118 e. The summed E-state index contributed by atoms with van der Waals surface area (Å²) in [5, 5.41) is 0. The van der Waals surface area contributed by atoms with E-state index >= 15 is 0 Å². The molecule has 0 bridgehead atoms. The maximum atomic E-state index is 10.9. The molecule has 0 aromatic carbocycles. The van der Waals surface area contributed by atoms with Crippen LogP contribution in [0.1, 0.15) is 0 Å². The average Bonchev–Trinajstić information content (AvgIpc) is 1.38. The predicted molar refractivity (Wildman–Crippen MR) is 19.8 cm³/mol. The van der Waals surface area contributed by atoms with Crippen molar-refractivity contribution in [2.75, 3.05) is 6.67 Å². The van der Waals surface area contributed by atoms with Crippen molar-refractivity contribution in [1.29, 1.82) is 0 Å². The van der Waals surface area contributed by atoms with Crippen molar-refractivity contribution < 1.29 is 4.39 Å². The summed E-state index contributed by atoms with van der Waals surface area (Å²) in [5.74, 6) is 0. The number of hydrogen-bond acceptors (Lipinski definition) is 1. The number of nitrogens with two attached hydrogens (primary N) is 1. The van der Waals surface area contributed by atoms with Gasteiger partial charge in [0.25, 0.3) is 0 Å². The van der Waals surface area contributed by atoms with Gasteiger partial charge in [-0.25, -0.2) is 4.39 Å². The predicted octanol–water partition coefficient (Wildman–Crippen LogP) is 0.480. The van der Waals surface area contributed by atoms with Gasteiger partial charge in [0, 0.05) is 0 Å². The van der Waals surface area contributed by atoms with Gasteiger partial charge in [0.2, 0.25) is 0 Å². The minimum Gasteiger partial charge on any atom is -0.313 e. The van der Waals surface area contributed by atoms with Gasteiger partial charge >= 0.3 is 0 Å². The molecule has 0 saturated carbocycles. The van der Waals surface area contributed by atoms with Gasteiger partial charge in [0.1, 0.15) is 12.2 Å². The van der Waals surface area contributed by atoms with Crippen molar-refractivity contribution in [1.82, 2.24) is 0 Å². The van der Waals surface area contributed by atoms with E-state index in [2.05, 4.69) is 5.73 Å². The van der Waals surface area contributed by atoms with Crippen LogP contribution in [0.3, 0.4) is 0 Å². The highest BCUT2D eigenvalue weighted by Crippen LogP contribution is 1.81. The Kier molecular flexibility index (Phi) is 2.51. The van der Waals surface area contributed by atoms with Gasteiger partial charge in [-0.3, -0.25) is 0 Å². The Bertz CT molecular complexity index is 23.6. The van der Waals surface area contributed by atoms with Gasteiger partial charge in [-0.15, -0.1) is 11.6 Å². The zero-order chi connectivity index (χ0) is 4.28. The molecule has 0 aromatic rings. The van der Waals surface area contributed by atoms with Crippen LogP contribution in [-0.4, -0.2) is 12.2 Å². The minimum absolute atomic E-state index is 0.651. The number of halogens is 2. The second-order valence-corrected chi connectivity index (χ2v) is 1.23. The molecule has 3 heteroatoms. The average molecular weight is 97.5 g/mol. The van der Waals surface area contributed by atoms with Crippen LogP contribution in [0, 0.1) is 0 Å². The van der Waals surface area contributed by atoms with Crippen LogP contribution in [0.5, 0.6) is 0 Å². The third-order valence-corrected chi connectivity index (χ3v) is 0.264. The van der Waals surface area contributed by atoms with Crippen LogP contribution in [0.4, 0.5) is 4.39 Å². The largest absolute Gasteiger partial charge is 0.313 e. The Morgan fingerprint density at radius 2 is 2.20 bits per heavy atom. The topological polar surface area (TPSA) is 26.0 Å². The first-order valence-electron chi connectivity index (χ1n) is 1.23. The summed E-state index contributed by atoms with van der Waals surface area (Å²) in [6.07, 6.45) is 0. The minimum atomic E-state index is -0.810. The lowest BCUT2D eigenvalue weighted by Crippen LogP contribution is -2.12. The molecule has 0 radical (unpaired) electrons. The molecule has 0 saturated heterocycles. The number of alkyl halides is 2.